The Bertz CT molecular complexity index is 683. The van der Waals surface area contributed by atoms with Crippen LogP contribution >= 0.6 is 0 Å². The molecule has 0 saturated heterocycles. The van der Waals surface area contributed by atoms with Gasteiger partial charge in [-0.2, -0.15) is 0 Å². The predicted octanol–water partition coefficient (Wildman–Crippen LogP) is 2.98. The summed E-state index contributed by atoms with van der Waals surface area (Å²) in [5.41, 5.74) is 6.50. The molecule has 3 N–H and O–H groups in total. The largest absolute Gasteiger partial charge is 0.449 e. The molecule has 0 unspecified atom stereocenters. The summed E-state index contributed by atoms with van der Waals surface area (Å²) in [6, 6.07) is 11.3. The van der Waals surface area contributed by atoms with Gasteiger partial charge in [0.2, 0.25) is 5.75 Å². The van der Waals surface area contributed by atoms with Crippen LogP contribution in [0.3, 0.4) is 0 Å². The fraction of sp³-hybridized carbons (Fsp3) is 0.0714. The van der Waals surface area contributed by atoms with Crippen molar-refractivity contribution in [2.45, 2.75) is 6.92 Å². The number of nitrogens with zero attached hydrogens (tertiary/aromatic N) is 1. The molecule has 0 spiro atoms. The summed E-state index contributed by atoms with van der Waals surface area (Å²) in [5.74, 6) is 0.275. The van der Waals surface area contributed by atoms with Crippen LogP contribution in [0.25, 0.3) is 0 Å². The summed E-state index contributed by atoms with van der Waals surface area (Å²) in [6.45, 7) is 1.76. The molecule has 0 atom stereocenters. The molecule has 2 aromatic carbocycles. The Balaban J connectivity index is 2.45. The summed E-state index contributed by atoms with van der Waals surface area (Å²) in [4.78, 5) is 10.5. The Morgan fingerprint density at radius 2 is 1.95 bits per heavy atom. The van der Waals surface area contributed by atoms with Gasteiger partial charge in [0, 0.05) is 6.07 Å². The number of nitrogens with one attached hydrogen (secondary N) is 1. The smallest absolute Gasteiger partial charge is 0.311 e. The molecule has 102 valence electrons. The maximum absolute atomic E-state index is 11.0. The standard InChI is InChI=1S/C14H13N3O3/c1-9-6-7-13(11(8-9)17(18)19)20-12-5-3-2-4-10(12)14(15)16/h2-8H,1H3,(H3,15,16). The molecule has 0 heterocycles. The normalized spacial score (nSPS) is 10.1. The molecule has 0 saturated carbocycles. The zero-order chi connectivity index (χ0) is 14.7. The Kier molecular flexibility index (Phi) is 3.65. The number of hydrogen-bond acceptors (Lipinski definition) is 4. The van der Waals surface area contributed by atoms with Crippen LogP contribution in [0.4, 0.5) is 5.69 Å². The lowest BCUT2D eigenvalue weighted by atomic mass is 10.1. The lowest BCUT2D eigenvalue weighted by molar-refractivity contribution is -0.385. The van der Waals surface area contributed by atoms with E-state index < -0.39 is 4.92 Å². The highest BCUT2D eigenvalue weighted by Gasteiger charge is 2.17. The molecule has 2 aromatic rings. The molecule has 0 aliphatic heterocycles. The summed E-state index contributed by atoms with van der Waals surface area (Å²) < 4.78 is 5.56. The quantitative estimate of drug-likeness (QED) is 0.386. The molecular formula is C14H13N3O3. The molecule has 0 radical (unpaired) electrons. The minimum absolute atomic E-state index is 0.120. The van der Waals surface area contributed by atoms with Crippen molar-refractivity contribution in [3.63, 3.8) is 0 Å². The number of nitrogens with two attached hydrogens (primary N) is 1. The van der Waals surface area contributed by atoms with E-state index in [-0.39, 0.29) is 17.3 Å². The van der Waals surface area contributed by atoms with Crippen molar-refractivity contribution in [1.29, 1.82) is 5.41 Å². The topological polar surface area (TPSA) is 102 Å². The van der Waals surface area contributed by atoms with Crippen molar-refractivity contribution in [3.05, 3.63) is 63.7 Å². The number of rotatable bonds is 4. The van der Waals surface area contributed by atoms with Crippen molar-refractivity contribution in [2.75, 3.05) is 0 Å². The highest BCUT2D eigenvalue weighted by molar-refractivity contribution is 5.97. The Morgan fingerprint density at radius 3 is 2.60 bits per heavy atom. The summed E-state index contributed by atoms with van der Waals surface area (Å²) in [7, 11) is 0. The van der Waals surface area contributed by atoms with Gasteiger partial charge in [-0.15, -0.1) is 0 Å². The first-order valence-corrected chi connectivity index (χ1v) is 5.85. The molecule has 6 heteroatoms. The van der Waals surface area contributed by atoms with Gasteiger partial charge in [-0.1, -0.05) is 18.2 Å². The molecule has 20 heavy (non-hydrogen) atoms. The van der Waals surface area contributed by atoms with Gasteiger partial charge in [-0.25, -0.2) is 0 Å². The van der Waals surface area contributed by atoms with Gasteiger partial charge in [0.05, 0.1) is 10.5 Å². The van der Waals surface area contributed by atoms with Gasteiger partial charge in [0.1, 0.15) is 11.6 Å². The molecule has 0 aliphatic rings. The number of ether oxygens (including phenoxy) is 1. The molecule has 6 nitrogen and oxygen atoms in total. The van der Waals surface area contributed by atoms with Crippen LogP contribution < -0.4 is 10.5 Å². The Hall–Kier alpha value is -2.89. The van der Waals surface area contributed by atoms with Crippen LogP contribution in [0.2, 0.25) is 0 Å². The van der Waals surface area contributed by atoms with Crippen LogP contribution in [0.5, 0.6) is 11.5 Å². The van der Waals surface area contributed by atoms with E-state index in [1.807, 2.05) is 0 Å². The van der Waals surface area contributed by atoms with E-state index in [0.717, 1.165) is 5.56 Å². The second-order valence-corrected chi connectivity index (χ2v) is 4.24. The lowest BCUT2D eigenvalue weighted by Gasteiger charge is -2.10. The van der Waals surface area contributed by atoms with E-state index in [9.17, 15) is 10.1 Å². The van der Waals surface area contributed by atoms with Gasteiger partial charge < -0.3 is 10.5 Å². The minimum atomic E-state index is -0.501. The second kappa shape index (κ2) is 5.40. The monoisotopic (exact) mass is 271 g/mol. The molecule has 0 amide bonds. The maximum Gasteiger partial charge on any atom is 0.311 e. The lowest BCUT2D eigenvalue weighted by Crippen LogP contribution is -2.12. The molecule has 0 fully saturated rings. The molecular weight excluding hydrogens is 258 g/mol. The van der Waals surface area contributed by atoms with Crippen LogP contribution in [0.1, 0.15) is 11.1 Å². The zero-order valence-electron chi connectivity index (χ0n) is 10.8. The maximum atomic E-state index is 11.0. The summed E-state index contributed by atoms with van der Waals surface area (Å²) in [6.07, 6.45) is 0. The molecule has 0 aliphatic carbocycles. The number of amidine groups is 1. The fourth-order valence-corrected chi connectivity index (χ4v) is 1.75. The van der Waals surface area contributed by atoms with E-state index in [0.29, 0.717) is 11.3 Å². The molecule has 2 rings (SSSR count). The third-order valence-corrected chi connectivity index (χ3v) is 2.71. The highest BCUT2D eigenvalue weighted by Crippen LogP contribution is 2.33. The van der Waals surface area contributed by atoms with E-state index in [1.54, 1.807) is 37.3 Å². The number of nitro benzene ring substituents is 1. The Morgan fingerprint density at radius 1 is 1.25 bits per heavy atom. The number of aryl methyl sites for hydroxylation is 1. The van der Waals surface area contributed by atoms with Crippen molar-refractivity contribution in [2.24, 2.45) is 5.73 Å². The third kappa shape index (κ3) is 2.74. The van der Waals surface area contributed by atoms with Gasteiger partial charge >= 0.3 is 5.69 Å². The minimum Gasteiger partial charge on any atom is -0.449 e. The third-order valence-electron chi connectivity index (χ3n) is 2.71. The number of nitrogen functional groups attached to an aromatic ring is 1. The second-order valence-electron chi connectivity index (χ2n) is 4.24. The molecule has 0 bridgehead atoms. The van der Waals surface area contributed by atoms with Crippen molar-refractivity contribution < 1.29 is 9.66 Å². The van der Waals surface area contributed by atoms with Crippen LogP contribution in [0.15, 0.2) is 42.5 Å². The highest BCUT2D eigenvalue weighted by atomic mass is 16.6. The van der Waals surface area contributed by atoms with Crippen molar-refractivity contribution in [3.8, 4) is 11.5 Å². The summed E-state index contributed by atoms with van der Waals surface area (Å²) >= 11 is 0. The first kappa shape index (κ1) is 13.5. The SMILES string of the molecule is Cc1ccc(Oc2ccccc2C(=N)N)c([N+](=O)[O-])c1. The van der Waals surface area contributed by atoms with E-state index >= 15 is 0 Å². The fourth-order valence-electron chi connectivity index (χ4n) is 1.75. The number of para-hydroxylation sites is 1. The van der Waals surface area contributed by atoms with E-state index in [1.165, 1.54) is 12.1 Å². The predicted molar refractivity (Wildman–Crippen MR) is 75.4 cm³/mol. The van der Waals surface area contributed by atoms with Crippen molar-refractivity contribution >= 4 is 11.5 Å². The number of benzene rings is 2. The van der Waals surface area contributed by atoms with Gasteiger partial charge in [-0.3, -0.25) is 15.5 Å². The van der Waals surface area contributed by atoms with Crippen LogP contribution in [-0.4, -0.2) is 10.8 Å². The zero-order valence-corrected chi connectivity index (χ0v) is 10.8. The Labute approximate surface area is 115 Å². The molecule has 0 aromatic heterocycles. The first-order chi connectivity index (χ1) is 9.49. The van der Waals surface area contributed by atoms with Crippen molar-refractivity contribution in [1.82, 2.24) is 0 Å². The van der Waals surface area contributed by atoms with Gasteiger partial charge in [0.25, 0.3) is 0 Å². The van der Waals surface area contributed by atoms with E-state index in [4.69, 9.17) is 15.9 Å². The van der Waals surface area contributed by atoms with Crippen LogP contribution in [-0.2, 0) is 0 Å². The van der Waals surface area contributed by atoms with Crippen LogP contribution in [0, 0.1) is 22.4 Å². The number of hydrogen-bond donors (Lipinski definition) is 2. The van der Waals surface area contributed by atoms with Gasteiger partial charge in [-0.05, 0) is 30.7 Å². The summed E-state index contributed by atoms with van der Waals surface area (Å²) in [5, 5.41) is 18.5. The van der Waals surface area contributed by atoms with Gasteiger partial charge in [0.15, 0.2) is 0 Å². The number of nitro groups is 1. The average molecular weight is 271 g/mol. The van der Waals surface area contributed by atoms with E-state index in [2.05, 4.69) is 0 Å². The average Bonchev–Trinajstić information content (AvgIpc) is 2.41. The first-order valence-electron chi connectivity index (χ1n) is 5.85.